The van der Waals surface area contributed by atoms with E-state index in [1.165, 1.54) is 25.3 Å². The summed E-state index contributed by atoms with van der Waals surface area (Å²) in [5.41, 5.74) is -0.362. The van der Waals surface area contributed by atoms with Crippen LogP contribution < -0.4 is 4.74 Å². The molecule has 0 amide bonds. The number of carboxylic acids is 1. The van der Waals surface area contributed by atoms with E-state index in [9.17, 15) is 19.8 Å². The predicted molar refractivity (Wildman–Crippen MR) is 67.6 cm³/mol. The number of rotatable bonds is 6. The van der Waals surface area contributed by atoms with E-state index in [1.54, 1.807) is 6.92 Å². The molecule has 110 valence electrons. The molecule has 0 saturated heterocycles. The van der Waals surface area contributed by atoms with Crippen molar-refractivity contribution in [3.8, 4) is 5.75 Å². The number of ether oxygens (including phenoxy) is 2. The standard InChI is InChI=1S/C13H16O7/c1-3-20-13(18)11(15)10(14)9-6-7(19-2)4-5-8(9)12(16)17/h4-6,10-11,14-15H,3H2,1-2H3,(H,16,17). The third-order valence-corrected chi connectivity index (χ3v) is 2.63. The molecular formula is C13H16O7. The normalized spacial score (nSPS) is 13.4. The highest BCUT2D eigenvalue weighted by atomic mass is 16.5. The Balaban J connectivity index is 3.15. The molecule has 7 nitrogen and oxygen atoms in total. The number of esters is 1. The van der Waals surface area contributed by atoms with Gasteiger partial charge in [0.25, 0.3) is 0 Å². The Labute approximate surface area is 115 Å². The van der Waals surface area contributed by atoms with Crippen molar-refractivity contribution in [3.05, 3.63) is 29.3 Å². The highest BCUT2D eigenvalue weighted by Gasteiger charge is 2.30. The number of carbonyl (C=O) groups is 2. The molecule has 2 atom stereocenters. The first-order valence-corrected chi connectivity index (χ1v) is 5.86. The van der Waals surface area contributed by atoms with Crippen LogP contribution in [0.4, 0.5) is 0 Å². The summed E-state index contributed by atoms with van der Waals surface area (Å²) in [7, 11) is 1.37. The number of aliphatic hydroxyl groups excluding tert-OH is 2. The summed E-state index contributed by atoms with van der Waals surface area (Å²) in [6, 6.07) is 3.87. The van der Waals surface area contributed by atoms with Gasteiger partial charge in [-0.15, -0.1) is 0 Å². The zero-order valence-corrected chi connectivity index (χ0v) is 11.1. The van der Waals surface area contributed by atoms with Crippen molar-refractivity contribution < 1.29 is 34.4 Å². The molecule has 0 radical (unpaired) electrons. The van der Waals surface area contributed by atoms with Crippen LogP contribution in [0, 0.1) is 0 Å². The summed E-state index contributed by atoms with van der Waals surface area (Å²) in [5, 5.41) is 28.7. The van der Waals surface area contributed by atoms with E-state index < -0.39 is 24.1 Å². The van der Waals surface area contributed by atoms with E-state index in [4.69, 9.17) is 9.84 Å². The number of aliphatic hydroxyl groups is 2. The van der Waals surface area contributed by atoms with Gasteiger partial charge in [-0.25, -0.2) is 9.59 Å². The molecule has 0 heterocycles. The van der Waals surface area contributed by atoms with Crippen molar-refractivity contribution in [1.82, 2.24) is 0 Å². The van der Waals surface area contributed by atoms with Gasteiger partial charge >= 0.3 is 11.9 Å². The molecule has 7 heteroatoms. The van der Waals surface area contributed by atoms with Gasteiger partial charge in [0.05, 0.1) is 19.3 Å². The lowest BCUT2D eigenvalue weighted by molar-refractivity contribution is -0.159. The third kappa shape index (κ3) is 3.46. The van der Waals surface area contributed by atoms with Crippen LogP contribution in [0.2, 0.25) is 0 Å². The zero-order valence-electron chi connectivity index (χ0n) is 11.1. The molecule has 0 saturated carbocycles. The molecular weight excluding hydrogens is 268 g/mol. The van der Waals surface area contributed by atoms with E-state index in [2.05, 4.69) is 4.74 Å². The van der Waals surface area contributed by atoms with Gasteiger partial charge in [0, 0.05) is 5.56 Å². The molecule has 1 rings (SSSR count). The first-order chi connectivity index (χ1) is 9.42. The van der Waals surface area contributed by atoms with Gasteiger partial charge in [0.1, 0.15) is 11.9 Å². The quantitative estimate of drug-likeness (QED) is 0.646. The van der Waals surface area contributed by atoms with Crippen LogP contribution in [0.3, 0.4) is 0 Å². The lowest BCUT2D eigenvalue weighted by Gasteiger charge is -2.19. The number of hydrogen-bond acceptors (Lipinski definition) is 6. The topological polar surface area (TPSA) is 113 Å². The highest BCUT2D eigenvalue weighted by Crippen LogP contribution is 2.26. The molecule has 0 bridgehead atoms. The number of aromatic carboxylic acids is 1. The van der Waals surface area contributed by atoms with Crippen molar-refractivity contribution >= 4 is 11.9 Å². The number of hydrogen-bond donors (Lipinski definition) is 3. The maximum atomic E-state index is 11.4. The number of benzene rings is 1. The SMILES string of the molecule is CCOC(=O)C(O)C(O)c1cc(OC)ccc1C(=O)O. The molecule has 1 aromatic carbocycles. The summed E-state index contributed by atoms with van der Waals surface area (Å²) in [6.07, 6.45) is -3.60. The molecule has 20 heavy (non-hydrogen) atoms. The van der Waals surface area contributed by atoms with Crippen molar-refractivity contribution in [2.75, 3.05) is 13.7 Å². The fourth-order valence-corrected chi connectivity index (χ4v) is 1.63. The molecule has 0 aliphatic carbocycles. The smallest absolute Gasteiger partial charge is 0.338 e. The Bertz CT molecular complexity index is 497. The minimum Gasteiger partial charge on any atom is -0.497 e. The van der Waals surface area contributed by atoms with Crippen LogP contribution in [0.5, 0.6) is 5.75 Å². The van der Waals surface area contributed by atoms with Gasteiger partial charge in [-0.05, 0) is 25.1 Å². The predicted octanol–water partition coefficient (Wildman–Crippen LogP) is 0.351. The van der Waals surface area contributed by atoms with Gasteiger partial charge in [-0.1, -0.05) is 0 Å². The van der Waals surface area contributed by atoms with E-state index in [0.29, 0.717) is 5.75 Å². The van der Waals surface area contributed by atoms with Crippen molar-refractivity contribution in [1.29, 1.82) is 0 Å². The molecule has 0 fully saturated rings. The van der Waals surface area contributed by atoms with E-state index >= 15 is 0 Å². The van der Waals surface area contributed by atoms with Gasteiger partial charge in [-0.3, -0.25) is 0 Å². The van der Waals surface area contributed by atoms with E-state index in [0.717, 1.165) is 0 Å². The van der Waals surface area contributed by atoms with Crippen molar-refractivity contribution in [2.45, 2.75) is 19.1 Å². The van der Waals surface area contributed by atoms with Crippen LogP contribution >= 0.6 is 0 Å². The molecule has 0 aliphatic heterocycles. The summed E-state index contributed by atoms with van der Waals surface area (Å²) >= 11 is 0. The van der Waals surface area contributed by atoms with Crippen LogP contribution in [-0.2, 0) is 9.53 Å². The van der Waals surface area contributed by atoms with Gasteiger partial charge < -0.3 is 24.8 Å². The second kappa shape index (κ2) is 6.88. The lowest BCUT2D eigenvalue weighted by Crippen LogP contribution is -2.30. The molecule has 3 N–H and O–H groups in total. The van der Waals surface area contributed by atoms with E-state index in [1.807, 2.05) is 0 Å². The van der Waals surface area contributed by atoms with Crippen molar-refractivity contribution in [3.63, 3.8) is 0 Å². The lowest BCUT2D eigenvalue weighted by atomic mass is 9.98. The number of carboxylic acid groups (broad SMARTS) is 1. The largest absolute Gasteiger partial charge is 0.497 e. The van der Waals surface area contributed by atoms with Crippen LogP contribution in [-0.4, -0.2) is 47.1 Å². The fourth-order valence-electron chi connectivity index (χ4n) is 1.63. The van der Waals surface area contributed by atoms with Crippen LogP contribution in [0.15, 0.2) is 18.2 Å². The molecule has 0 aromatic heterocycles. The Hall–Kier alpha value is -2.12. The summed E-state index contributed by atoms with van der Waals surface area (Å²) in [6.45, 7) is 1.58. The number of carbonyl (C=O) groups excluding carboxylic acids is 1. The highest BCUT2D eigenvalue weighted by molar-refractivity contribution is 5.90. The molecule has 0 aliphatic rings. The third-order valence-electron chi connectivity index (χ3n) is 2.63. The summed E-state index contributed by atoms with van der Waals surface area (Å²) in [4.78, 5) is 22.5. The molecule has 1 aromatic rings. The minimum atomic E-state index is -1.87. The summed E-state index contributed by atoms with van der Waals surface area (Å²) < 4.78 is 9.50. The van der Waals surface area contributed by atoms with Crippen LogP contribution in [0.1, 0.15) is 28.9 Å². The Morgan fingerprint density at radius 3 is 2.45 bits per heavy atom. The van der Waals surface area contributed by atoms with Crippen molar-refractivity contribution in [2.24, 2.45) is 0 Å². The molecule has 0 spiro atoms. The second-order valence-electron chi connectivity index (χ2n) is 3.90. The average molecular weight is 284 g/mol. The Kier molecular flexibility index (Phi) is 5.48. The number of methoxy groups -OCH3 is 1. The first kappa shape index (κ1) is 15.9. The average Bonchev–Trinajstić information content (AvgIpc) is 2.45. The Morgan fingerprint density at radius 1 is 1.30 bits per heavy atom. The van der Waals surface area contributed by atoms with E-state index in [-0.39, 0.29) is 17.7 Å². The second-order valence-corrected chi connectivity index (χ2v) is 3.90. The minimum absolute atomic E-state index is 0.0342. The van der Waals surface area contributed by atoms with Gasteiger partial charge in [0.2, 0.25) is 0 Å². The Morgan fingerprint density at radius 2 is 1.95 bits per heavy atom. The first-order valence-electron chi connectivity index (χ1n) is 5.86. The van der Waals surface area contributed by atoms with Gasteiger partial charge in [0.15, 0.2) is 6.10 Å². The van der Waals surface area contributed by atoms with Crippen LogP contribution in [0.25, 0.3) is 0 Å². The monoisotopic (exact) mass is 284 g/mol. The maximum Gasteiger partial charge on any atom is 0.338 e. The molecule has 2 unspecified atom stereocenters. The maximum absolute atomic E-state index is 11.4. The zero-order chi connectivity index (χ0) is 15.3. The summed E-state index contributed by atoms with van der Waals surface area (Å²) in [5.74, 6) is -2.03. The fraction of sp³-hybridized carbons (Fsp3) is 0.385. The van der Waals surface area contributed by atoms with Gasteiger partial charge in [-0.2, -0.15) is 0 Å².